The first-order valence-electron chi connectivity index (χ1n) is 11.1. The Hall–Kier alpha value is -0.530. The Balaban J connectivity index is 2.20. The molecule has 0 amide bonds. The van der Waals surface area contributed by atoms with Crippen LogP contribution in [0, 0.1) is 34.0 Å². The van der Waals surface area contributed by atoms with E-state index in [1.54, 1.807) is 21.1 Å². The molecule has 6 nitrogen and oxygen atoms in total. The van der Waals surface area contributed by atoms with Crippen LogP contribution < -0.4 is 0 Å². The number of aliphatic hydroxyl groups excluding tert-OH is 2. The molecule has 0 aromatic heterocycles. The molecule has 0 aliphatic heterocycles. The zero-order chi connectivity index (χ0) is 21.6. The average molecular weight is 413 g/mol. The highest BCUT2D eigenvalue weighted by Gasteiger charge is 2.68. The molecule has 3 unspecified atom stereocenters. The van der Waals surface area contributed by atoms with E-state index < -0.39 is 18.1 Å². The summed E-state index contributed by atoms with van der Waals surface area (Å²) in [6.07, 6.45) is 3.00. The molecule has 29 heavy (non-hydrogen) atoms. The van der Waals surface area contributed by atoms with Crippen molar-refractivity contribution in [2.45, 2.75) is 78.1 Å². The number of hydrogen-bond donors (Lipinski definition) is 2. The molecule has 2 bridgehead atoms. The number of aliphatic hydroxyl groups is 2. The van der Waals surface area contributed by atoms with Gasteiger partial charge < -0.3 is 24.4 Å². The van der Waals surface area contributed by atoms with Crippen LogP contribution in [-0.2, 0) is 19.0 Å². The number of carbonyl (C=O) groups is 1. The number of carbonyl (C=O) groups excluding carboxylic acids is 1. The summed E-state index contributed by atoms with van der Waals surface area (Å²) in [7, 11) is 3.38. The Labute approximate surface area is 175 Å². The number of methoxy groups -OCH3 is 2. The van der Waals surface area contributed by atoms with Gasteiger partial charge in [-0.3, -0.25) is 4.79 Å². The zero-order valence-corrected chi connectivity index (χ0v) is 18.9. The topological polar surface area (TPSA) is 85.2 Å². The second-order valence-corrected chi connectivity index (χ2v) is 10.3. The number of ether oxygens (including phenoxy) is 3. The number of rotatable bonds is 6. The predicted octanol–water partition coefficient (Wildman–Crippen LogP) is 2.79. The van der Waals surface area contributed by atoms with E-state index >= 15 is 0 Å². The predicted molar refractivity (Wildman–Crippen MR) is 109 cm³/mol. The quantitative estimate of drug-likeness (QED) is 0.653. The summed E-state index contributed by atoms with van der Waals surface area (Å²) >= 11 is 0. The van der Waals surface area contributed by atoms with Crippen LogP contribution in [0.5, 0.6) is 0 Å². The third-order valence-electron chi connectivity index (χ3n) is 9.38. The standard InChI is InChI=1S/C23H40O6/c1-14-7-9-23-10-8-16(28-6)19(23)22(14,4)18(29-13-27-5)11-21(3,17(25)12-24)20(26)15(23)2/h14-19,24-25H,7-13H2,1-6H3/t14-,15+,16-,17?,18-,19?,21+,22+,23?/m1/s1. The van der Waals surface area contributed by atoms with Gasteiger partial charge in [-0.1, -0.05) is 20.8 Å². The van der Waals surface area contributed by atoms with Gasteiger partial charge >= 0.3 is 0 Å². The summed E-state index contributed by atoms with van der Waals surface area (Å²) in [6, 6.07) is 0. The summed E-state index contributed by atoms with van der Waals surface area (Å²) in [4.78, 5) is 13.9. The van der Waals surface area contributed by atoms with Gasteiger partial charge in [0, 0.05) is 25.6 Å². The van der Waals surface area contributed by atoms with Crippen molar-refractivity contribution in [1.82, 2.24) is 0 Å². The summed E-state index contributed by atoms with van der Waals surface area (Å²) in [5, 5.41) is 20.5. The highest BCUT2D eigenvalue weighted by molar-refractivity contribution is 5.88. The lowest BCUT2D eigenvalue weighted by atomic mass is 9.43. The molecule has 0 radical (unpaired) electrons. The zero-order valence-electron chi connectivity index (χ0n) is 18.9. The second-order valence-electron chi connectivity index (χ2n) is 10.3. The van der Waals surface area contributed by atoms with Gasteiger partial charge in [0.1, 0.15) is 12.6 Å². The van der Waals surface area contributed by atoms with E-state index in [2.05, 4.69) is 13.8 Å². The number of hydrogen-bond acceptors (Lipinski definition) is 6. The maximum atomic E-state index is 13.9. The van der Waals surface area contributed by atoms with Gasteiger partial charge in [-0.05, 0) is 56.3 Å². The van der Waals surface area contributed by atoms with E-state index in [-0.39, 0.29) is 47.4 Å². The van der Waals surface area contributed by atoms with E-state index in [1.165, 1.54) is 0 Å². The summed E-state index contributed by atoms with van der Waals surface area (Å²) in [6.45, 7) is 8.13. The first-order chi connectivity index (χ1) is 13.6. The molecule has 0 aromatic rings. The van der Waals surface area contributed by atoms with Crippen LogP contribution in [0.3, 0.4) is 0 Å². The normalized spacial score (nSPS) is 48.7. The minimum absolute atomic E-state index is 0.0448. The monoisotopic (exact) mass is 412 g/mol. The van der Waals surface area contributed by atoms with Gasteiger partial charge in [-0.15, -0.1) is 0 Å². The third-order valence-corrected chi connectivity index (χ3v) is 9.38. The molecule has 3 rings (SSSR count). The average Bonchev–Trinajstić information content (AvgIpc) is 3.12. The summed E-state index contributed by atoms with van der Waals surface area (Å²) in [5.41, 5.74) is -1.45. The summed E-state index contributed by atoms with van der Waals surface area (Å²) < 4.78 is 17.5. The van der Waals surface area contributed by atoms with Gasteiger partial charge in [0.05, 0.1) is 30.3 Å². The van der Waals surface area contributed by atoms with E-state index in [0.717, 1.165) is 25.7 Å². The van der Waals surface area contributed by atoms with E-state index in [4.69, 9.17) is 14.2 Å². The van der Waals surface area contributed by atoms with Crippen LogP contribution in [0.25, 0.3) is 0 Å². The smallest absolute Gasteiger partial charge is 0.146 e. The lowest BCUT2D eigenvalue weighted by Crippen LogP contribution is -2.64. The molecular formula is C23H40O6. The minimum atomic E-state index is -1.11. The highest BCUT2D eigenvalue weighted by atomic mass is 16.7. The van der Waals surface area contributed by atoms with Gasteiger partial charge in [0.25, 0.3) is 0 Å². The fourth-order valence-electron chi connectivity index (χ4n) is 7.33. The highest BCUT2D eigenvalue weighted by Crippen LogP contribution is 2.68. The van der Waals surface area contributed by atoms with E-state index in [0.29, 0.717) is 12.3 Å². The van der Waals surface area contributed by atoms with Crippen LogP contribution in [-0.4, -0.2) is 61.9 Å². The molecule has 3 aliphatic carbocycles. The van der Waals surface area contributed by atoms with Crippen molar-refractivity contribution < 1.29 is 29.2 Å². The Morgan fingerprint density at radius 3 is 2.41 bits per heavy atom. The van der Waals surface area contributed by atoms with Crippen LogP contribution in [0.2, 0.25) is 0 Å². The van der Waals surface area contributed by atoms with Gasteiger partial charge in [0.2, 0.25) is 0 Å². The molecule has 3 saturated carbocycles. The number of ketones is 1. The Kier molecular flexibility index (Phi) is 6.54. The molecule has 3 fully saturated rings. The molecule has 0 aromatic carbocycles. The minimum Gasteiger partial charge on any atom is -0.394 e. The fourth-order valence-corrected chi connectivity index (χ4v) is 7.33. The van der Waals surface area contributed by atoms with Crippen molar-refractivity contribution in [3.8, 4) is 0 Å². The lowest BCUT2D eigenvalue weighted by molar-refractivity contribution is -0.226. The Morgan fingerprint density at radius 2 is 1.83 bits per heavy atom. The van der Waals surface area contributed by atoms with Crippen molar-refractivity contribution in [2.24, 2.45) is 34.0 Å². The molecule has 168 valence electrons. The van der Waals surface area contributed by atoms with E-state index in [9.17, 15) is 15.0 Å². The molecule has 0 heterocycles. The SMILES string of the molecule is COCO[C@@H]1C[C@@](C)(C(O)CO)C(=O)[C@H](C)C23CC[C@@H](C)[C@]1(C)C2[C@H](OC)CC3. The van der Waals surface area contributed by atoms with Crippen molar-refractivity contribution in [3.63, 3.8) is 0 Å². The summed E-state index contributed by atoms with van der Waals surface area (Å²) in [5.74, 6) is 0.437. The first kappa shape index (κ1) is 23.1. The fraction of sp³-hybridized carbons (Fsp3) is 0.957. The van der Waals surface area contributed by atoms with Crippen molar-refractivity contribution in [2.75, 3.05) is 27.6 Å². The van der Waals surface area contributed by atoms with E-state index in [1.807, 2.05) is 6.92 Å². The van der Waals surface area contributed by atoms with Crippen LogP contribution in [0.4, 0.5) is 0 Å². The molecule has 3 aliphatic rings. The molecule has 2 N–H and O–H groups in total. The lowest BCUT2D eigenvalue weighted by Gasteiger charge is -2.62. The molecular weight excluding hydrogens is 372 g/mol. The number of Topliss-reactive ketones (excluding diaryl/α,β-unsaturated/α-hetero) is 1. The first-order valence-corrected chi connectivity index (χ1v) is 11.1. The van der Waals surface area contributed by atoms with Crippen molar-refractivity contribution in [1.29, 1.82) is 0 Å². The van der Waals surface area contributed by atoms with Gasteiger partial charge in [-0.2, -0.15) is 0 Å². The molecule has 9 atom stereocenters. The van der Waals surface area contributed by atoms with Crippen molar-refractivity contribution in [3.05, 3.63) is 0 Å². The Bertz CT molecular complexity index is 610. The Morgan fingerprint density at radius 1 is 1.17 bits per heavy atom. The van der Waals surface area contributed by atoms with Gasteiger partial charge in [0.15, 0.2) is 0 Å². The van der Waals surface area contributed by atoms with Crippen molar-refractivity contribution >= 4 is 5.78 Å². The third kappa shape index (κ3) is 3.21. The maximum absolute atomic E-state index is 13.9. The molecule has 6 heteroatoms. The molecule has 0 saturated heterocycles. The van der Waals surface area contributed by atoms with Gasteiger partial charge in [-0.25, -0.2) is 0 Å². The second kappa shape index (κ2) is 8.19. The van der Waals surface area contributed by atoms with Crippen LogP contribution >= 0.6 is 0 Å². The van der Waals surface area contributed by atoms with Crippen LogP contribution in [0.1, 0.15) is 59.8 Å². The van der Waals surface area contributed by atoms with Crippen LogP contribution in [0.15, 0.2) is 0 Å². The maximum Gasteiger partial charge on any atom is 0.146 e. The molecule has 0 spiro atoms. The largest absolute Gasteiger partial charge is 0.394 e.